The summed E-state index contributed by atoms with van der Waals surface area (Å²) in [4.78, 5) is 2.23. The van der Waals surface area contributed by atoms with Crippen LogP contribution in [0, 0.1) is 11.3 Å². The smallest absolute Gasteiger partial charge is 0.0981 e. The van der Waals surface area contributed by atoms with E-state index >= 15 is 0 Å². The second kappa shape index (κ2) is 4.44. The first kappa shape index (κ1) is 9.50. The number of methoxy groups -OCH3 is 1. The highest BCUT2D eigenvalue weighted by Gasteiger charge is 2.27. The van der Waals surface area contributed by atoms with Gasteiger partial charge >= 0.3 is 0 Å². The van der Waals surface area contributed by atoms with E-state index in [-0.39, 0.29) is 6.04 Å². The lowest BCUT2D eigenvalue weighted by Crippen LogP contribution is -2.39. The van der Waals surface area contributed by atoms with Gasteiger partial charge in [-0.05, 0) is 26.3 Å². The number of rotatable bonds is 3. The van der Waals surface area contributed by atoms with Crippen LogP contribution < -0.4 is 0 Å². The predicted molar refractivity (Wildman–Crippen MR) is 46.7 cm³/mol. The SMILES string of the molecule is COCC(C)N1CCCC1C#N. The van der Waals surface area contributed by atoms with E-state index in [1.165, 1.54) is 0 Å². The molecule has 12 heavy (non-hydrogen) atoms. The van der Waals surface area contributed by atoms with E-state index in [0.717, 1.165) is 26.0 Å². The first-order valence-electron chi connectivity index (χ1n) is 4.44. The van der Waals surface area contributed by atoms with Crippen LogP contribution in [0.2, 0.25) is 0 Å². The van der Waals surface area contributed by atoms with Gasteiger partial charge in [0, 0.05) is 13.2 Å². The Kier molecular flexibility index (Phi) is 3.51. The second-order valence-electron chi connectivity index (χ2n) is 3.33. The molecule has 0 aliphatic carbocycles. The lowest BCUT2D eigenvalue weighted by molar-refractivity contribution is 0.103. The summed E-state index contributed by atoms with van der Waals surface area (Å²) in [6.45, 7) is 3.88. The van der Waals surface area contributed by atoms with Crippen LogP contribution in [0.4, 0.5) is 0 Å². The van der Waals surface area contributed by atoms with Crippen LogP contribution in [0.15, 0.2) is 0 Å². The average molecular weight is 168 g/mol. The average Bonchev–Trinajstić information content (AvgIpc) is 2.51. The molecule has 1 rings (SSSR count). The highest BCUT2D eigenvalue weighted by atomic mass is 16.5. The van der Waals surface area contributed by atoms with E-state index in [2.05, 4.69) is 17.9 Å². The van der Waals surface area contributed by atoms with Gasteiger partial charge in [0.15, 0.2) is 0 Å². The van der Waals surface area contributed by atoms with Crippen molar-refractivity contribution < 1.29 is 4.74 Å². The summed E-state index contributed by atoms with van der Waals surface area (Å²) in [7, 11) is 1.70. The van der Waals surface area contributed by atoms with Crippen LogP contribution >= 0.6 is 0 Å². The Morgan fingerprint density at radius 3 is 3.08 bits per heavy atom. The van der Waals surface area contributed by atoms with Crippen LogP contribution in [-0.4, -0.2) is 37.2 Å². The van der Waals surface area contributed by atoms with Gasteiger partial charge in [0.25, 0.3) is 0 Å². The molecule has 0 aromatic rings. The number of nitrogens with zero attached hydrogens (tertiary/aromatic N) is 2. The molecule has 1 aliphatic rings. The Labute approximate surface area is 73.9 Å². The Bertz CT molecular complexity index is 176. The van der Waals surface area contributed by atoms with Crippen LogP contribution in [0.25, 0.3) is 0 Å². The quantitative estimate of drug-likeness (QED) is 0.631. The zero-order chi connectivity index (χ0) is 8.97. The molecule has 1 aliphatic heterocycles. The molecule has 2 atom stereocenters. The third-order valence-electron chi connectivity index (χ3n) is 2.42. The monoisotopic (exact) mass is 168 g/mol. The maximum atomic E-state index is 8.82. The minimum absolute atomic E-state index is 0.121. The van der Waals surface area contributed by atoms with Crippen molar-refractivity contribution in [3.8, 4) is 6.07 Å². The van der Waals surface area contributed by atoms with Crippen molar-refractivity contribution in [2.24, 2.45) is 0 Å². The number of likely N-dealkylation sites (tertiary alicyclic amines) is 1. The first-order valence-corrected chi connectivity index (χ1v) is 4.44. The van der Waals surface area contributed by atoms with Crippen molar-refractivity contribution in [1.82, 2.24) is 4.90 Å². The maximum absolute atomic E-state index is 8.82. The summed E-state index contributed by atoms with van der Waals surface area (Å²) in [5, 5.41) is 8.82. The van der Waals surface area contributed by atoms with E-state index in [1.54, 1.807) is 7.11 Å². The second-order valence-corrected chi connectivity index (χ2v) is 3.33. The highest BCUT2D eigenvalue weighted by molar-refractivity contribution is 4.97. The molecule has 0 spiro atoms. The molecule has 0 bridgehead atoms. The van der Waals surface area contributed by atoms with Gasteiger partial charge in [0.1, 0.15) is 0 Å². The molecule has 68 valence electrons. The Hall–Kier alpha value is -0.590. The molecule has 3 heteroatoms. The molecule has 2 unspecified atom stereocenters. The van der Waals surface area contributed by atoms with Crippen molar-refractivity contribution in [2.75, 3.05) is 20.3 Å². The fraction of sp³-hybridized carbons (Fsp3) is 0.889. The third kappa shape index (κ3) is 1.96. The van der Waals surface area contributed by atoms with Crippen molar-refractivity contribution in [1.29, 1.82) is 5.26 Å². The molecule has 1 heterocycles. The summed E-state index contributed by atoms with van der Waals surface area (Å²) < 4.78 is 5.06. The van der Waals surface area contributed by atoms with Crippen molar-refractivity contribution in [3.63, 3.8) is 0 Å². The van der Waals surface area contributed by atoms with Crippen molar-refractivity contribution in [2.45, 2.75) is 31.8 Å². The molecular formula is C9H16N2O. The van der Waals surface area contributed by atoms with Crippen LogP contribution in [0.5, 0.6) is 0 Å². The van der Waals surface area contributed by atoms with E-state index in [9.17, 15) is 0 Å². The predicted octanol–water partition coefficient (Wildman–Crippen LogP) is 1.01. The summed E-state index contributed by atoms with van der Waals surface area (Å²) in [6, 6.07) is 2.82. The molecule has 0 aromatic carbocycles. The lowest BCUT2D eigenvalue weighted by Gasteiger charge is -2.25. The van der Waals surface area contributed by atoms with Crippen LogP contribution in [0.1, 0.15) is 19.8 Å². The van der Waals surface area contributed by atoms with E-state index in [4.69, 9.17) is 10.00 Å². The zero-order valence-corrected chi connectivity index (χ0v) is 7.79. The van der Waals surface area contributed by atoms with Gasteiger partial charge in [-0.15, -0.1) is 0 Å². The number of nitriles is 1. The van der Waals surface area contributed by atoms with Gasteiger partial charge in [-0.3, -0.25) is 4.90 Å². The zero-order valence-electron chi connectivity index (χ0n) is 7.79. The fourth-order valence-corrected chi connectivity index (χ4v) is 1.79. The van der Waals surface area contributed by atoms with Gasteiger partial charge in [-0.1, -0.05) is 0 Å². The minimum atomic E-state index is 0.121. The molecule has 3 nitrogen and oxygen atoms in total. The molecule has 0 radical (unpaired) electrons. The lowest BCUT2D eigenvalue weighted by atomic mass is 10.2. The standard InChI is InChI=1S/C9H16N2O/c1-8(7-12-2)11-5-3-4-9(11)6-10/h8-9H,3-5,7H2,1-2H3. The van der Waals surface area contributed by atoms with Crippen LogP contribution in [-0.2, 0) is 4.74 Å². The largest absolute Gasteiger partial charge is 0.383 e. The molecule has 1 fully saturated rings. The maximum Gasteiger partial charge on any atom is 0.0981 e. The molecule has 0 aromatic heterocycles. The molecule has 0 N–H and O–H groups in total. The van der Waals surface area contributed by atoms with Crippen molar-refractivity contribution >= 4 is 0 Å². The third-order valence-corrected chi connectivity index (χ3v) is 2.42. The summed E-state index contributed by atoms with van der Waals surface area (Å²) in [5.41, 5.74) is 0. The first-order chi connectivity index (χ1) is 5.79. The van der Waals surface area contributed by atoms with Gasteiger partial charge in [0.05, 0.1) is 18.7 Å². The minimum Gasteiger partial charge on any atom is -0.383 e. The summed E-state index contributed by atoms with van der Waals surface area (Å²) in [5.74, 6) is 0. The summed E-state index contributed by atoms with van der Waals surface area (Å²) >= 11 is 0. The normalized spacial score (nSPS) is 26.9. The van der Waals surface area contributed by atoms with E-state index in [1.807, 2.05) is 0 Å². The molecular weight excluding hydrogens is 152 g/mol. The fourth-order valence-electron chi connectivity index (χ4n) is 1.79. The van der Waals surface area contributed by atoms with Crippen LogP contribution in [0.3, 0.4) is 0 Å². The number of ether oxygens (including phenoxy) is 1. The Morgan fingerprint density at radius 2 is 2.50 bits per heavy atom. The summed E-state index contributed by atoms with van der Waals surface area (Å²) in [6.07, 6.45) is 2.16. The molecule has 0 saturated carbocycles. The number of hydrogen-bond donors (Lipinski definition) is 0. The molecule has 1 saturated heterocycles. The van der Waals surface area contributed by atoms with Gasteiger partial charge in [-0.2, -0.15) is 5.26 Å². The Morgan fingerprint density at radius 1 is 1.75 bits per heavy atom. The van der Waals surface area contributed by atoms with E-state index in [0.29, 0.717) is 6.04 Å². The van der Waals surface area contributed by atoms with Crippen molar-refractivity contribution in [3.05, 3.63) is 0 Å². The topological polar surface area (TPSA) is 36.3 Å². The van der Waals surface area contributed by atoms with Gasteiger partial charge in [0.2, 0.25) is 0 Å². The highest BCUT2D eigenvalue weighted by Crippen LogP contribution is 2.19. The Balaban J connectivity index is 2.44. The number of hydrogen-bond acceptors (Lipinski definition) is 3. The molecule has 0 amide bonds. The van der Waals surface area contributed by atoms with E-state index < -0.39 is 0 Å². The van der Waals surface area contributed by atoms with Gasteiger partial charge in [-0.25, -0.2) is 0 Å². The van der Waals surface area contributed by atoms with Gasteiger partial charge < -0.3 is 4.74 Å².